The van der Waals surface area contributed by atoms with Gasteiger partial charge in [0.05, 0.1) is 12.0 Å². The van der Waals surface area contributed by atoms with Gasteiger partial charge < -0.3 is 9.26 Å². The molecule has 0 amide bonds. The van der Waals surface area contributed by atoms with E-state index in [9.17, 15) is 0 Å². The van der Waals surface area contributed by atoms with Gasteiger partial charge >= 0.3 is 0 Å². The molecule has 1 atom stereocenters. The van der Waals surface area contributed by atoms with Crippen LogP contribution in [0.3, 0.4) is 0 Å². The minimum atomic E-state index is -0.245. The van der Waals surface area contributed by atoms with Gasteiger partial charge in [-0.3, -0.25) is 0 Å². The Labute approximate surface area is 104 Å². The molecule has 1 aromatic carbocycles. The van der Waals surface area contributed by atoms with E-state index < -0.39 is 0 Å². The Morgan fingerprint density at radius 2 is 2.29 bits per heavy atom. The van der Waals surface area contributed by atoms with Gasteiger partial charge in [-0.05, 0) is 30.7 Å². The summed E-state index contributed by atoms with van der Waals surface area (Å²) in [7, 11) is 0. The summed E-state index contributed by atoms with van der Waals surface area (Å²) < 4.78 is 10.6. The lowest BCUT2D eigenvalue weighted by Crippen LogP contribution is -1.87. The zero-order valence-corrected chi connectivity index (χ0v) is 10.1. The maximum atomic E-state index is 5.89. The summed E-state index contributed by atoms with van der Waals surface area (Å²) in [5.41, 5.74) is 2.09. The second-order valence-corrected chi connectivity index (χ2v) is 4.65. The molecule has 1 aromatic heterocycles. The van der Waals surface area contributed by atoms with Gasteiger partial charge in [0.25, 0.3) is 5.89 Å². The molecule has 17 heavy (non-hydrogen) atoms. The van der Waals surface area contributed by atoms with Crippen molar-refractivity contribution >= 4 is 11.6 Å². The standard InChI is InChI=1S/C12H11ClN2O2/c1-7(13)11-14-12(17-15-11)9-2-3-10-8(6-9)4-5-16-10/h2-3,6-7H,4-5H2,1H3. The Kier molecular flexibility index (Phi) is 2.52. The second-order valence-electron chi connectivity index (χ2n) is 3.99. The predicted octanol–water partition coefficient (Wildman–Crippen LogP) is 2.97. The molecule has 3 rings (SSSR count). The van der Waals surface area contributed by atoms with Gasteiger partial charge in [-0.1, -0.05) is 5.16 Å². The molecule has 0 saturated heterocycles. The highest BCUT2D eigenvalue weighted by Crippen LogP contribution is 2.30. The van der Waals surface area contributed by atoms with Gasteiger partial charge in [0.15, 0.2) is 5.82 Å². The Morgan fingerprint density at radius 3 is 3.06 bits per heavy atom. The highest BCUT2D eigenvalue weighted by atomic mass is 35.5. The molecule has 5 heteroatoms. The lowest BCUT2D eigenvalue weighted by Gasteiger charge is -1.99. The van der Waals surface area contributed by atoms with Crippen LogP contribution in [0.25, 0.3) is 11.5 Å². The minimum Gasteiger partial charge on any atom is -0.493 e. The van der Waals surface area contributed by atoms with Crippen molar-refractivity contribution in [3.8, 4) is 17.2 Å². The summed E-state index contributed by atoms with van der Waals surface area (Å²) >= 11 is 5.89. The number of benzene rings is 1. The van der Waals surface area contributed by atoms with E-state index in [1.54, 1.807) is 0 Å². The van der Waals surface area contributed by atoms with Crippen molar-refractivity contribution in [3.05, 3.63) is 29.6 Å². The summed E-state index contributed by atoms with van der Waals surface area (Å²) in [6.07, 6.45) is 0.927. The van der Waals surface area contributed by atoms with E-state index in [2.05, 4.69) is 10.1 Å². The molecule has 1 aliphatic rings. The Balaban J connectivity index is 1.97. The van der Waals surface area contributed by atoms with E-state index in [-0.39, 0.29) is 5.38 Å². The van der Waals surface area contributed by atoms with E-state index in [1.807, 2.05) is 25.1 Å². The zero-order valence-electron chi connectivity index (χ0n) is 9.31. The lowest BCUT2D eigenvalue weighted by molar-refractivity contribution is 0.357. The van der Waals surface area contributed by atoms with Gasteiger partial charge in [-0.25, -0.2) is 0 Å². The van der Waals surface area contributed by atoms with Gasteiger partial charge in [-0.15, -0.1) is 11.6 Å². The number of hydrogen-bond acceptors (Lipinski definition) is 4. The number of ether oxygens (including phenoxy) is 1. The van der Waals surface area contributed by atoms with E-state index in [0.717, 1.165) is 24.3 Å². The van der Waals surface area contributed by atoms with Crippen LogP contribution < -0.4 is 4.74 Å². The third kappa shape index (κ3) is 1.89. The topological polar surface area (TPSA) is 48.2 Å². The van der Waals surface area contributed by atoms with Gasteiger partial charge in [-0.2, -0.15) is 4.98 Å². The molecular weight excluding hydrogens is 240 g/mol. The summed E-state index contributed by atoms with van der Waals surface area (Å²) in [6.45, 7) is 2.55. The van der Waals surface area contributed by atoms with Crippen molar-refractivity contribution in [1.82, 2.24) is 10.1 Å². The van der Waals surface area contributed by atoms with Crippen molar-refractivity contribution in [2.45, 2.75) is 18.7 Å². The average molecular weight is 251 g/mol. The molecule has 0 N–H and O–H groups in total. The highest BCUT2D eigenvalue weighted by molar-refractivity contribution is 6.20. The second kappa shape index (κ2) is 4.04. The van der Waals surface area contributed by atoms with Crippen molar-refractivity contribution in [3.63, 3.8) is 0 Å². The number of alkyl halides is 1. The minimum absolute atomic E-state index is 0.245. The van der Waals surface area contributed by atoms with Gasteiger partial charge in [0.2, 0.25) is 0 Å². The molecule has 0 bridgehead atoms. The van der Waals surface area contributed by atoms with Crippen LogP contribution >= 0.6 is 11.6 Å². The van der Waals surface area contributed by atoms with Crippen LogP contribution in [0.15, 0.2) is 22.7 Å². The molecule has 1 aliphatic heterocycles. The first kappa shape index (κ1) is 10.6. The van der Waals surface area contributed by atoms with E-state index in [1.165, 1.54) is 5.56 Å². The third-order valence-electron chi connectivity index (χ3n) is 2.73. The number of hydrogen-bond donors (Lipinski definition) is 0. The fourth-order valence-electron chi connectivity index (χ4n) is 1.83. The van der Waals surface area contributed by atoms with E-state index in [4.69, 9.17) is 20.9 Å². The summed E-state index contributed by atoms with van der Waals surface area (Å²) in [4.78, 5) is 4.25. The molecule has 2 aromatic rings. The lowest BCUT2D eigenvalue weighted by atomic mass is 10.1. The quantitative estimate of drug-likeness (QED) is 0.769. The van der Waals surface area contributed by atoms with Crippen molar-refractivity contribution in [1.29, 1.82) is 0 Å². The van der Waals surface area contributed by atoms with Gasteiger partial charge in [0, 0.05) is 12.0 Å². The van der Waals surface area contributed by atoms with E-state index >= 15 is 0 Å². The molecule has 0 radical (unpaired) electrons. The van der Waals surface area contributed by atoms with Crippen LogP contribution in [0.4, 0.5) is 0 Å². The fourth-order valence-corrected chi connectivity index (χ4v) is 1.92. The number of fused-ring (bicyclic) bond motifs is 1. The number of rotatable bonds is 2. The molecular formula is C12H11ClN2O2. The number of aromatic nitrogens is 2. The van der Waals surface area contributed by atoms with Crippen LogP contribution in [0, 0.1) is 0 Å². The monoisotopic (exact) mass is 250 g/mol. The maximum Gasteiger partial charge on any atom is 0.257 e. The van der Waals surface area contributed by atoms with Crippen LogP contribution in [0.5, 0.6) is 5.75 Å². The van der Waals surface area contributed by atoms with Crippen molar-refractivity contribution < 1.29 is 9.26 Å². The third-order valence-corrected chi connectivity index (χ3v) is 2.93. The molecule has 0 saturated carbocycles. The molecule has 88 valence electrons. The Morgan fingerprint density at radius 1 is 1.41 bits per heavy atom. The molecule has 4 nitrogen and oxygen atoms in total. The fraction of sp³-hybridized carbons (Fsp3) is 0.333. The number of halogens is 1. The summed E-state index contributed by atoms with van der Waals surface area (Å²) in [5.74, 6) is 1.96. The first-order chi connectivity index (χ1) is 8.24. The first-order valence-electron chi connectivity index (χ1n) is 5.48. The van der Waals surface area contributed by atoms with Crippen LogP contribution in [-0.2, 0) is 6.42 Å². The molecule has 1 unspecified atom stereocenters. The van der Waals surface area contributed by atoms with Crippen LogP contribution in [0.1, 0.15) is 23.7 Å². The zero-order chi connectivity index (χ0) is 11.8. The first-order valence-corrected chi connectivity index (χ1v) is 5.91. The van der Waals surface area contributed by atoms with Crippen molar-refractivity contribution in [2.24, 2.45) is 0 Å². The summed E-state index contributed by atoms with van der Waals surface area (Å²) in [6, 6.07) is 5.88. The van der Waals surface area contributed by atoms with Crippen LogP contribution in [-0.4, -0.2) is 16.7 Å². The smallest absolute Gasteiger partial charge is 0.257 e. The summed E-state index contributed by atoms with van der Waals surface area (Å²) in [5, 5.41) is 3.59. The largest absolute Gasteiger partial charge is 0.493 e. The predicted molar refractivity (Wildman–Crippen MR) is 63.2 cm³/mol. The SMILES string of the molecule is CC(Cl)c1noc(-c2ccc3c(c2)CCO3)n1. The van der Waals surface area contributed by atoms with E-state index in [0.29, 0.717) is 11.7 Å². The molecule has 0 fully saturated rings. The number of nitrogens with zero attached hydrogens (tertiary/aromatic N) is 2. The Bertz CT molecular complexity index is 551. The maximum absolute atomic E-state index is 5.89. The van der Waals surface area contributed by atoms with Crippen molar-refractivity contribution in [2.75, 3.05) is 6.61 Å². The van der Waals surface area contributed by atoms with Crippen LogP contribution in [0.2, 0.25) is 0 Å². The molecule has 0 aliphatic carbocycles. The molecule has 0 spiro atoms. The normalized spacial score (nSPS) is 15.4. The average Bonchev–Trinajstić information content (AvgIpc) is 2.97. The molecule has 2 heterocycles. The highest BCUT2D eigenvalue weighted by Gasteiger charge is 2.16. The Hall–Kier alpha value is -1.55. The van der Waals surface area contributed by atoms with Gasteiger partial charge in [0.1, 0.15) is 5.75 Å².